The van der Waals surface area contributed by atoms with Crippen LogP contribution in [0.15, 0.2) is 36.5 Å². The quantitative estimate of drug-likeness (QED) is 0.776. The summed E-state index contributed by atoms with van der Waals surface area (Å²) in [5.41, 5.74) is 2.85. The summed E-state index contributed by atoms with van der Waals surface area (Å²) in [7, 11) is 0. The Morgan fingerprint density at radius 3 is 2.83 bits per heavy atom. The van der Waals surface area contributed by atoms with E-state index in [0.29, 0.717) is 25.5 Å². The molecular formula is C23H31N3O3. The Morgan fingerprint density at radius 2 is 2.14 bits per heavy atom. The van der Waals surface area contributed by atoms with Crippen molar-refractivity contribution in [1.29, 1.82) is 0 Å². The van der Waals surface area contributed by atoms with Crippen molar-refractivity contribution in [2.75, 3.05) is 31.2 Å². The minimum atomic E-state index is -0.211. The first-order valence-electron chi connectivity index (χ1n) is 10.1. The van der Waals surface area contributed by atoms with Crippen LogP contribution >= 0.6 is 0 Å². The van der Waals surface area contributed by atoms with Gasteiger partial charge in [-0.05, 0) is 37.1 Å². The smallest absolute Gasteiger partial charge is 0.152 e. The molecule has 6 heteroatoms. The van der Waals surface area contributed by atoms with Gasteiger partial charge in [0.05, 0.1) is 19.3 Å². The molecule has 3 rings (SSSR count). The van der Waals surface area contributed by atoms with E-state index in [0.717, 1.165) is 22.5 Å². The van der Waals surface area contributed by atoms with Crippen molar-refractivity contribution >= 4 is 17.7 Å². The monoisotopic (exact) mass is 397 g/mol. The van der Waals surface area contributed by atoms with Gasteiger partial charge in [0.15, 0.2) is 5.78 Å². The third-order valence-electron chi connectivity index (χ3n) is 4.24. The minimum absolute atomic E-state index is 0.0122. The summed E-state index contributed by atoms with van der Waals surface area (Å²) in [5.74, 6) is 1.55. The first-order chi connectivity index (χ1) is 14.0. The lowest BCUT2D eigenvalue weighted by Gasteiger charge is -2.34. The standard InChI is InChI=1S/C20H23N3O3.C3H8/c1-14(25)6-7-16-4-3-5-17(10-16)19-11-21-15(2)22-20(19)23-8-9-26-18(12-23)13-24;1-3-2/h3-7,10-11,18,24H,8-9,12-13H2,1-2H3;3H2,1-2H3/b7-6+;. The predicted octanol–water partition coefficient (Wildman–Crippen LogP) is 3.67. The molecule has 29 heavy (non-hydrogen) atoms. The van der Waals surface area contributed by atoms with Gasteiger partial charge in [0.25, 0.3) is 0 Å². The van der Waals surface area contributed by atoms with Crippen LogP contribution in [0.3, 0.4) is 0 Å². The Balaban J connectivity index is 0.000000941. The molecular weight excluding hydrogens is 366 g/mol. The molecule has 1 saturated heterocycles. The molecule has 1 fully saturated rings. The molecule has 1 atom stereocenters. The number of benzene rings is 1. The van der Waals surface area contributed by atoms with E-state index in [1.807, 2.05) is 37.4 Å². The fourth-order valence-electron chi connectivity index (χ4n) is 2.95. The summed E-state index contributed by atoms with van der Waals surface area (Å²) in [5, 5.41) is 9.42. The first-order valence-corrected chi connectivity index (χ1v) is 10.1. The SMILES string of the molecule is CC(=O)/C=C/c1cccc(-c2cnc(C)nc2N2CCOC(CO)C2)c1.CCC. The number of nitrogens with zero attached hydrogens (tertiary/aromatic N) is 3. The average Bonchev–Trinajstić information content (AvgIpc) is 2.73. The molecule has 0 aliphatic carbocycles. The molecule has 0 amide bonds. The van der Waals surface area contributed by atoms with Crippen LogP contribution in [0.2, 0.25) is 0 Å². The highest BCUT2D eigenvalue weighted by Gasteiger charge is 2.23. The number of allylic oxidation sites excluding steroid dienone is 1. The van der Waals surface area contributed by atoms with E-state index in [2.05, 4.69) is 28.7 Å². The van der Waals surface area contributed by atoms with E-state index in [1.54, 1.807) is 12.2 Å². The fourth-order valence-corrected chi connectivity index (χ4v) is 2.95. The predicted molar refractivity (Wildman–Crippen MR) is 117 cm³/mol. The van der Waals surface area contributed by atoms with Gasteiger partial charge in [0.2, 0.25) is 0 Å². The van der Waals surface area contributed by atoms with Crippen LogP contribution in [0.4, 0.5) is 5.82 Å². The van der Waals surface area contributed by atoms with Crippen LogP contribution in [-0.4, -0.2) is 53.3 Å². The number of aliphatic hydroxyl groups is 1. The number of hydrogen-bond donors (Lipinski definition) is 1. The van der Waals surface area contributed by atoms with E-state index in [4.69, 9.17) is 4.74 Å². The van der Waals surface area contributed by atoms with E-state index in [1.165, 1.54) is 13.3 Å². The zero-order valence-electron chi connectivity index (χ0n) is 17.8. The van der Waals surface area contributed by atoms with Crippen molar-refractivity contribution in [2.45, 2.75) is 40.2 Å². The molecule has 2 heterocycles. The molecule has 0 bridgehead atoms. The van der Waals surface area contributed by atoms with Crippen LogP contribution in [0.25, 0.3) is 17.2 Å². The van der Waals surface area contributed by atoms with Gasteiger partial charge >= 0.3 is 0 Å². The Hall–Kier alpha value is -2.57. The van der Waals surface area contributed by atoms with Crippen LogP contribution in [0.1, 0.15) is 38.6 Å². The van der Waals surface area contributed by atoms with E-state index >= 15 is 0 Å². The van der Waals surface area contributed by atoms with Crippen molar-refractivity contribution in [3.05, 3.63) is 47.9 Å². The van der Waals surface area contributed by atoms with Crippen molar-refractivity contribution in [2.24, 2.45) is 0 Å². The Morgan fingerprint density at radius 1 is 1.38 bits per heavy atom. The number of aryl methyl sites for hydroxylation is 1. The summed E-state index contributed by atoms with van der Waals surface area (Å²) in [6.07, 6.45) is 6.22. The molecule has 1 aromatic carbocycles. The fraction of sp³-hybridized carbons (Fsp3) is 0.435. The second-order valence-corrected chi connectivity index (χ2v) is 7.05. The number of aliphatic hydroxyl groups excluding tert-OH is 1. The minimum Gasteiger partial charge on any atom is -0.394 e. The zero-order valence-corrected chi connectivity index (χ0v) is 17.8. The van der Waals surface area contributed by atoms with Gasteiger partial charge in [0, 0.05) is 24.8 Å². The number of ketones is 1. The van der Waals surface area contributed by atoms with Gasteiger partial charge in [-0.3, -0.25) is 4.79 Å². The van der Waals surface area contributed by atoms with Gasteiger partial charge in [-0.25, -0.2) is 9.97 Å². The molecule has 1 N–H and O–H groups in total. The highest BCUT2D eigenvalue weighted by atomic mass is 16.5. The molecule has 1 aliphatic rings. The number of morpholine rings is 1. The third-order valence-corrected chi connectivity index (χ3v) is 4.24. The van der Waals surface area contributed by atoms with Crippen molar-refractivity contribution in [1.82, 2.24) is 9.97 Å². The van der Waals surface area contributed by atoms with Crippen LogP contribution in [0.5, 0.6) is 0 Å². The molecule has 1 unspecified atom stereocenters. The number of carbonyl (C=O) groups is 1. The highest BCUT2D eigenvalue weighted by molar-refractivity contribution is 5.91. The van der Waals surface area contributed by atoms with Crippen LogP contribution in [-0.2, 0) is 9.53 Å². The summed E-state index contributed by atoms with van der Waals surface area (Å²) in [6, 6.07) is 7.93. The van der Waals surface area contributed by atoms with Gasteiger partial charge in [0.1, 0.15) is 11.6 Å². The van der Waals surface area contributed by atoms with Gasteiger partial charge in [-0.1, -0.05) is 44.5 Å². The molecule has 156 valence electrons. The lowest BCUT2D eigenvalue weighted by Crippen LogP contribution is -2.44. The average molecular weight is 398 g/mol. The molecule has 1 aliphatic heterocycles. The maximum Gasteiger partial charge on any atom is 0.152 e. The molecule has 0 radical (unpaired) electrons. The summed E-state index contributed by atoms with van der Waals surface area (Å²) >= 11 is 0. The number of hydrogen-bond acceptors (Lipinski definition) is 6. The number of rotatable bonds is 5. The van der Waals surface area contributed by atoms with E-state index in [9.17, 15) is 9.90 Å². The summed E-state index contributed by atoms with van der Waals surface area (Å²) in [6.45, 7) is 9.48. The molecule has 2 aromatic rings. The molecule has 0 spiro atoms. The largest absolute Gasteiger partial charge is 0.394 e. The lowest BCUT2D eigenvalue weighted by molar-refractivity contribution is -0.112. The second kappa shape index (κ2) is 11.4. The first kappa shape index (κ1) is 22.7. The molecule has 0 saturated carbocycles. The van der Waals surface area contributed by atoms with E-state index in [-0.39, 0.29) is 18.5 Å². The number of anilines is 1. The maximum atomic E-state index is 11.2. The summed E-state index contributed by atoms with van der Waals surface area (Å²) < 4.78 is 5.55. The van der Waals surface area contributed by atoms with Gasteiger partial charge in [-0.15, -0.1) is 0 Å². The van der Waals surface area contributed by atoms with Crippen molar-refractivity contribution < 1.29 is 14.6 Å². The Labute approximate surface area is 173 Å². The number of ether oxygens (including phenoxy) is 1. The summed E-state index contributed by atoms with van der Waals surface area (Å²) in [4.78, 5) is 22.3. The van der Waals surface area contributed by atoms with Crippen LogP contribution in [0, 0.1) is 6.92 Å². The van der Waals surface area contributed by atoms with E-state index < -0.39 is 0 Å². The Kier molecular flexibility index (Phi) is 8.96. The Bertz CT molecular complexity index is 836. The number of carbonyl (C=O) groups excluding carboxylic acids is 1. The highest BCUT2D eigenvalue weighted by Crippen LogP contribution is 2.30. The topological polar surface area (TPSA) is 75.6 Å². The van der Waals surface area contributed by atoms with Gasteiger partial charge in [-0.2, -0.15) is 0 Å². The molecule has 6 nitrogen and oxygen atoms in total. The maximum absolute atomic E-state index is 11.2. The zero-order chi connectivity index (χ0) is 21.2. The second-order valence-electron chi connectivity index (χ2n) is 7.05. The number of aromatic nitrogens is 2. The van der Waals surface area contributed by atoms with Crippen molar-refractivity contribution in [3.63, 3.8) is 0 Å². The van der Waals surface area contributed by atoms with Crippen LogP contribution < -0.4 is 4.90 Å². The lowest BCUT2D eigenvalue weighted by atomic mass is 10.0. The molecule has 1 aromatic heterocycles. The van der Waals surface area contributed by atoms with Crippen molar-refractivity contribution in [3.8, 4) is 11.1 Å². The van der Waals surface area contributed by atoms with Gasteiger partial charge < -0.3 is 14.7 Å². The normalized spacial score (nSPS) is 16.4. The third kappa shape index (κ3) is 6.76.